The Morgan fingerprint density at radius 2 is 2.00 bits per heavy atom. The first-order chi connectivity index (χ1) is 4.57. The minimum atomic E-state index is -0.339. The number of carbonyl (C=O) groups excluding carboxylic acids is 1. The highest BCUT2D eigenvalue weighted by Crippen LogP contribution is 1.93. The first-order valence-corrected chi connectivity index (χ1v) is 2.98. The predicted molar refractivity (Wildman–Crippen MR) is 47.0 cm³/mol. The molecular weight excluding hydrogens is 166 g/mol. The number of methoxy groups -OCH3 is 1. The molecule has 66 valence electrons. The Balaban J connectivity index is 0. The summed E-state index contributed by atoms with van der Waals surface area (Å²) >= 11 is 0. The van der Waals surface area contributed by atoms with Gasteiger partial charge in [0.1, 0.15) is 0 Å². The molecule has 0 aliphatic rings. The molecule has 0 amide bonds. The van der Waals surface area contributed by atoms with Crippen molar-refractivity contribution in [1.82, 2.24) is 4.90 Å². The lowest BCUT2D eigenvalue weighted by molar-refractivity contribution is -0.136. The molecule has 0 aromatic rings. The third-order valence-corrected chi connectivity index (χ3v) is 0.981. The van der Waals surface area contributed by atoms with E-state index in [-0.39, 0.29) is 18.4 Å². The van der Waals surface area contributed by atoms with E-state index in [1.54, 1.807) is 0 Å². The number of hydrogen-bond acceptors (Lipinski definition) is 3. The zero-order chi connectivity index (χ0) is 8.15. The Hall–Kier alpha value is -0.540. The van der Waals surface area contributed by atoms with Crippen LogP contribution in [0.2, 0.25) is 0 Å². The number of likely N-dealkylation sites (N-methyl/N-ethyl adjacent to an activating group) is 1. The number of rotatable bonds is 3. The summed E-state index contributed by atoms with van der Waals surface area (Å²) < 4.78 is 4.45. The third kappa shape index (κ3) is 5.88. The lowest BCUT2D eigenvalue weighted by atomic mass is 10.3. The molecule has 0 aromatic heterocycles. The van der Waals surface area contributed by atoms with E-state index < -0.39 is 0 Å². The molecule has 3 nitrogen and oxygen atoms in total. The van der Waals surface area contributed by atoms with Crippen LogP contribution in [0.4, 0.5) is 0 Å². The molecule has 0 aromatic carbocycles. The fourth-order valence-electron chi connectivity index (χ4n) is 0.591. The van der Waals surface area contributed by atoms with Crippen LogP contribution in [0.3, 0.4) is 0 Å². The van der Waals surface area contributed by atoms with E-state index in [1.165, 1.54) is 7.11 Å². The van der Waals surface area contributed by atoms with Crippen LogP contribution < -0.4 is 0 Å². The van der Waals surface area contributed by atoms with Gasteiger partial charge in [-0.2, -0.15) is 0 Å². The van der Waals surface area contributed by atoms with Gasteiger partial charge in [0, 0.05) is 12.1 Å². The second-order valence-corrected chi connectivity index (χ2v) is 2.33. The summed E-state index contributed by atoms with van der Waals surface area (Å²) in [5.74, 6) is -0.339. The Morgan fingerprint density at radius 1 is 1.55 bits per heavy atom. The molecule has 0 radical (unpaired) electrons. The fraction of sp³-hybridized carbons (Fsp3) is 0.571. The second kappa shape index (κ2) is 6.19. The Morgan fingerprint density at radius 3 is 2.27 bits per heavy atom. The topological polar surface area (TPSA) is 29.5 Å². The highest BCUT2D eigenvalue weighted by atomic mass is 35.5. The third-order valence-electron chi connectivity index (χ3n) is 0.981. The lowest BCUT2D eigenvalue weighted by Gasteiger charge is -2.09. The summed E-state index contributed by atoms with van der Waals surface area (Å²) in [6, 6.07) is 0. The average Bonchev–Trinajstić information content (AvgIpc) is 1.85. The second-order valence-electron chi connectivity index (χ2n) is 2.33. The summed E-state index contributed by atoms with van der Waals surface area (Å²) in [6.07, 6.45) is 0. The molecule has 11 heavy (non-hydrogen) atoms. The van der Waals surface area contributed by atoms with Crippen molar-refractivity contribution < 1.29 is 9.53 Å². The number of esters is 1. The van der Waals surface area contributed by atoms with Crippen LogP contribution in [-0.2, 0) is 9.53 Å². The van der Waals surface area contributed by atoms with Gasteiger partial charge in [0.25, 0.3) is 0 Å². The van der Waals surface area contributed by atoms with E-state index in [0.717, 1.165) is 0 Å². The van der Waals surface area contributed by atoms with Gasteiger partial charge in [-0.05, 0) is 14.1 Å². The number of carbonyl (C=O) groups is 1. The lowest BCUT2D eigenvalue weighted by Crippen LogP contribution is -2.19. The predicted octanol–water partition coefficient (Wildman–Crippen LogP) is 0.699. The van der Waals surface area contributed by atoms with Gasteiger partial charge in [0.2, 0.25) is 0 Å². The quantitative estimate of drug-likeness (QED) is 0.472. The molecule has 0 fully saturated rings. The van der Waals surface area contributed by atoms with Gasteiger partial charge in [-0.15, -0.1) is 12.4 Å². The minimum Gasteiger partial charge on any atom is -0.466 e. The molecule has 0 unspecified atom stereocenters. The molecule has 0 atom stereocenters. The molecule has 0 aliphatic heterocycles. The summed E-state index contributed by atoms with van der Waals surface area (Å²) in [7, 11) is 5.09. The van der Waals surface area contributed by atoms with Gasteiger partial charge < -0.3 is 9.64 Å². The van der Waals surface area contributed by atoms with Crippen molar-refractivity contribution in [3.05, 3.63) is 12.2 Å². The van der Waals surface area contributed by atoms with Crippen molar-refractivity contribution in [3.8, 4) is 0 Å². The fourth-order valence-corrected chi connectivity index (χ4v) is 0.591. The first-order valence-electron chi connectivity index (χ1n) is 2.98. The maximum absolute atomic E-state index is 10.7. The van der Waals surface area contributed by atoms with Crippen molar-refractivity contribution in [2.75, 3.05) is 27.7 Å². The van der Waals surface area contributed by atoms with Crippen LogP contribution in [0.15, 0.2) is 12.2 Å². The maximum atomic E-state index is 10.7. The summed E-state index contributed by atoms with van der Waals surface area (Å²) in [5.41, 5.74) is 0.479. The van der Waals surface area contributed by atoms with E-state index in [9.17, 15) is 4.79 Å². The van der Waals surface area contributed by atoms with Gasteiger partial charge in [-0.3, -0.25) is 0 Å². The SMILES string of the molecule is C=C(CN(C)C)C(=O)OC.Cl. The van der Waals surface area contributed by atoms with Crippen molar-refractivity contribution >= 4 is 18.4 Å². The van der Waals surface area contributed by atoms with Crippen LogP contribution in [-0.4, -0.2) is 38.6 Å². The summed E-state index contributed by atoms with van der Waals surface area (Å²) in [4.78, 5) is 12.6. The van der Waals surface area contributed by atoms with E-state index in [0.29, 0.717) is 12.1 Å². The monoisotopic (exact) mass is 179 g/mol. The molecule has 4 heteroatoms. The molecular formula is C7H14ClNO2. The van der Waals surface area contributed by atoms with Crippen molar-refractivity contribution in [2.24, 2.45) is 0 Å². The Labute approximate surface area is 73.4 Å². The minimum absolute atomic E-state index is 0. The Bertz CT molecular complexity index is 145. The van der Waals surface area contributed by atoms with Gasteiger partial charge in [0.15, 0.2) is 0 Å². The van der Waals surface area contributed by atoms with Crippen LogP contribution in [0.1, 0.15) is 0 Å². The van der Waals surface area contributed by atoms with E-state index in [2.05, 4.69) is 11.3 Å². The van der Waals surface area contributed by atoms with Crippen LogP contribution >= 0.6 is 12.4 Å². The van der Waals surface area contributed by atoms with Crippen LogP contribution in [0, 0.1) is 0 Å². The van der Waals surface area contributed by atoms with Gasteiger partial charge in [0.05, 0.1) is 7.11 Å². The molecule has 0 aliphatic carbocycles. The summed E-state index contributed by atoms with van der Waals surface area (Å²) in [5, 5.41) is 0. The normalized spacial score (nSPS) is 8.73. The zero-order valence-electron chi connectivity index (χ0n) is 7.09. The standard InChI is InChI=1S/C7H13NO2.ClH/c1-6(5-8(2)3)7(9)10-4;/h1,5H2,2-4H3;1H. The highest BCUT2D eigenvalue weighted by Gasteiger charge is 2.05. The number of nitrogens with zero attached hydrogens (tertiary/aromatic N) is 1. The average molecular weight is 180 g/mol. The van der Waals surface area contributed by atoms with Crippen molar-refractivity contribution in [1.29, 1.82) is 0 Å². The van der Waals surface area contributed by atoms with Crippen molar-refractivity contribution in [2.45, 2.75) is 0 Å². The number of hydrogen-bond donors (Lipinski definition) is 0. The van der Waals surface area contributed by atoms with Gasteiger partial charge in [-0.1, -0.05) is 6.58 Å². The van der Waals surface area contributed by atoms with Gasteiger partial charge >= 0.3 is 5.97 Å². The summed E-state index contributed by atoms with van der Waals surface area (Å²) in [6.45, 7) is 4.10. The van der Waals surface area contributed by atoms with Crippen LogP contribution in [0.25, 0.3) is 0 Å². The van der Waals surface area contributed by atoms with E-state index in [4.69, 9.17) is 0 Å². The molecule has 0 heterocycles. The van der Waals surface area contributed by atoms with Gasteiger partial charge in [-0.25, -0.2) is 4.79 Å². The molecule has 0 N–H and O–H groups in total. The molecule has 0 saturated heterocycles. The zero-order valence-corrected chi connectivity index (χ0v) is 7.90. The molecule has 0 spiro atoms. The van der Waals surface area contributed by atoms with Crippen molar-refractivity contribution in [3.63, 3.8) is 0 Å². The highest BCUT2D eigenvalue weighted by molar-refractivity contribution is 5.87. The molecule has 0 saturated carbocycles. The number of halogens is 1. The smallest absolute Gasteiger partial charge is 0.334 e. The molecule has 0 rings (SSSR count). The maximum Gasteiger partial charge on any atom is 0.334 e. The largest absolute Gasteiger partial charge is 0.466 e. The van der Waals surface area contributed by atoms with E-state index in [1.807, 2.05) is 19.0 Å². The van der Waals surface area contributed by atoms with E-state index >= 15 is 0 Å². The first kappa shape index (κ1) is 13.1. The Kier molecular flexibility index (Phi) is 7.36. The molecule has 0 bridgehead atoms. The van der Waals surface area contributed by atoms with Crippen LogP contribution in [0.5, 0.6) is 0 Å². The number of ether oxygens (including phenoxy) is 1.